The second-order valence-corrected chi connectivity index (χ2v) is 4.13. The van der Waals surface area contributed by atoms with Gasteiger partial charge in [0.05, 0.1) is 0 Å². The van der Waals surface area contributed by atoms with Crippen molar-refractivity contribution in [1.82, 2.24) is 19.8 Å². The minimum absolute atomic E-state index is 0.222. The molecule has 2 heterocycles. The van der Waals surface area contributed by atoms with Crippen molar-refractivity contribution in [1.29, 1.82) is 0 Å². The smallest absolute Gasteiger partial charge is 0.257 e. The van der Waals surface area contributed by atoms with Gasteiger partial charge in [-0.3, -0.25) is 10.1 Å². The normalized spacial score (nSPS) is 10.6. The zero-order valence-electron chi connectivity index (χ0n) is 8.54. The largest absolute Gasteiger partial charge is 0.361 e. The van der Waals surface area contributed by atoms with Crippen LogP contribution in [-0.4, -0.2) is 25.7 Å². The van der Waals surface area contributed by atoms with Crippen LogP contribution >= 0.6 is 11.5 Å². The number of H-pyrrole nitrogens is 1. The number of nitrogens with one attached hydrogen (secondary N) is 2. The fourth-order valence-corrected chi connectivity index (χ4v) is 1.90. The standard InChI is InChI=1S/C10H7N5OS/c16-9(12-10-13-14-15-17-10)7-2-1-6-3-4-11-8(6)5-7/h1-5,11H,(H,12,13,15,16). The number of fused-ring (bicyclic) bond motifs is 1. The molecule has 0 fully saturated rings. The van der Waals surface area contributed by atoms with Gasteiger partial charge in [0.25, 0.3) is 5.91 Å². The van der Waals surface area contributed by atoms with Crippen LogP contribution in [0.5, 0.6) is 0 Å². The summed E-state index contributed by atoms with van der Waals surface area (Å²) in [6.45, 7) is 0. The fourth-order valence-electron chi connectivity index (χ4n) is 1.54. The van der Waals surface area contributed by atoms with Crippen molar-refractivity contribution in [3.05, 3.63) is 36.0 Å². The molecule has 2 aromatic heterocycles. The van der Waals surface area contributed by atoms with Gasteiger partial charge in [-0.2, -0.15) is 0 Å². The Labute approximate surface area is 99.8 Å². The third-order valence-electron chi connectivity index (χ3n) is 2.34. The molecule has 0 atom stereocenters. The third kappa shape index (κ3) is 1.87. The monoisotopic (exact) mass is 245 g/mol. The Hall–Kier alpha value is -2.28. The van der Waals surface area contributed by atoms with Crippen molar-refractivity contribution in [2.45, 2.75) is 0 Å². The maximum absolute atomic E-state index is 11.9. The molecule has 3 rings (SSSR count). The van der Waals surface area contributed by atoms with Gasteiger partial charge in [0.2, 0.25) is 5.13 Å². The van der Waals surface area contributed by atoms with Gasteiger partial charge in [-0.05, 0) is 28.8 Å². The van der Waals surface area contributed by atoms with Crippen LogP contribution in [0.3, 0.4) is 0 Å². The van der Waals surface area contributed by atoms with Gasteiger partial charge in [0.1, 0.15) is 0 Å². The van der Waals surface area contributed by atoms with Crippen LogP contribution in [0.1, 0.15) is 10.4 Å². The molecule has 7 heteroatoms. The maximum atomic E-state index is 11.9. The van der Waals surface area contributed by atoms with E-state index in [2.05, 4.69) is 25.1 Å². The van der Waals surface area contributed by atoms with Crippen LogP contribution in [0.25, 0.3) is 10.9 Å². The minimum atomic E-state index is -0.222. The molecule has 0 bridgehead atoms. The molecule has 1 amide bonds. The molecule has 84 valence electrons. The first-order chi connectivity index (χ1) is 8.33. The first kappa shape index (κ1) is 9.91. The van der Waals surface area contributed by atoms with Crippen LogP contribution < -0.4 is 5.32 Å². The highest BCUT2D eigenvalue weighted by Gasteiger charge is 2.09. The highest BCUT2D eigenvalue weighted by molar-refractivity contribution is 7.09. The molecular weight excluding hydrogens is 238 g/mol. The summed E-state index contributed by atoms with van der Waals surface area (Å²) >= 11 is 1.04. The Bertz CT molecular complexity index is 660. The molecule has 0 aliphatic heterocycles. The quantitative estimate of drug-likeness (QED) is 0.719. The zero-order valence-corrected chi connectivity index (χ0v) is 9.36. The summed E-state index contributed by atoms with van der Waals surface area (Å²) in [7, 11) is 0. The second kappa shape index (κ2) is 3.95. The lowest BCUT2D eigenvalue weighted by molar-refractivity contribution is 0.102. The minimum Gasteiger partial charge on any atom is -0.361 e. The van der Waals surface area contributed by atoms with E-state index in [0.717, 1.165) is 22.4 Å². The number of carbonyl (C=O) groups excluding carboxylic acids is 1. The summed E-state index contributed by atoms with van der Waals surface area (Å²) in [5.74, 6) is -0.222. The Morgan fingerprint density at radius 1 is 1.35 bits per heavy atom. The topological polar surface area (TPSA) is 83.6 Å². The molecule has 0 radical (unpaired) electrons. The Morgan fingerprint density at radius 3 is 3.12 bits per heavy atom. The summed E-state index contributed by atoms with van der Waals surface area (Å²) < 4.78 is 3.57. The molecule has 1 aromatic carbocycles. The average Bonchev–Trinajstić information content (AvgIpc) is 2.97. The summed E-state index contributed by atoms with van der Waals surface area (Å²) in [6.07, 6.45) is 1.83. The molecule has 0 spiro atoms. The van der Waals surface area contributed by atoms with E-state index in [0.29, 0.717) is 10.7 Å². The van der Waals surface area contributed by atoms with E-state index in [1.165, 1.54) is 0 Å². The van der Waals surface area contributed by atoms with Crippen LogP contribution in [0.4, 0.5) is 5.13 Å². The number of amides is 1. The van der Waals surface area contributed by atoms with Gasteiger partial charge in [0.15, 0.2) is 0 Å². The molecule has 0 aliphatic rings. The van der Waals surface area contributed by atoms with Gasteiger partial charge >= 0.3 is 0 Å². The van der Waals surface area contributed by atoms with Crippen LogP contribution in [0.2, 0.25) is 0 Å². The summed E-state index contributed by atoms with van der Waals surface area (Å²) in [6, 6.07) is 7.39. The van der Waals surface area contributed by atoms with E-state index >= 15 is 0 Å². The van der Waals surface area contributed by atoms with Crippen molar-refractivity contribution in [3.8, 4) is 0 Å². The molecule has 0 saturated carbocycles. The first-order valence-corrected chi connectivity index (χ1v) is 5.64. The van der Waals surface area contributed by atoms with Crippen molar-refractivity contribution in [3.63, 3.8) is 0 Å². The molecular formula is C10H7N5OS. The highest BCUT2D eigenvalue weighted by atomic mass is 32.1. The van der Waals surface area contributed by atoms with E-state index in [1.807, 2.05) is 18.3 Å². The molecule has 17 heavy (non-hydrogen) atoms. The Morgan fingerprint density at radius 2 is 2.29 bits per heavy atom. The molecule has 3 aromatic rings. The summed E-state index contributed by atoms with van der Waals surface area (Å²) in [4.78, 5) is 14.9. The van der Waals surface area contributed by atoms with Crippen molar-refractivity contribution in [2.75, 3.05) is 5.32 Å². The molecule has 2 N–H and O–H groups in total. The summed E-state index contributed by atoms with van der Waals surface area (Å²) in [5.41, 5.74) is 1.49. The second-order valence-electron chi connectivity index (χ2n) is 3.40. The van der Waals surface area contributed by atoms with Gasteiger partial charge < -0.3 is 4.98 Å². The van der Waals surface area contributed by atoms with Gasteiger partial charge in [-0.15, -0.1) is 0 Å². The van der Waals surface area contributed by atoms with Crippen LogP contribution in [0, 0.1) is 0 Å². The van der Waals surface area contributed by atoms with E-state index in [4.69, 9.17) is 0 Å². The Balaban J connectivity index is 1.90. The van der Waals surface area contributed by atoms with Crippen molar-refractivity contribution in [2.24, 2.45) is 0 Å². The number of carbonyl (C=O) groups is 1. The predicted octanol–water partition coefficient (Wildman–Crippen LogP) is 1.67. The number of aromatic nitrogens is 4. The van der Waals surface area contributed by atoms with Crippen molar-refractivity contribution >= 4 is 33.5 Å². The molecule has 0 saturated heterocycles. The van der Waals surface area contributed by atoms with Gasteiger partial charge in [-0.1, -0.05) is 15.7 Å². The van der Waals surface area contributed by atoms with E-state index in [1.54, 1.807) is 12.1 Å². The molecule has 0 unspecified atom stereocenters. The fraction of sp³-hybridized carbons (Fsp3) is 0. The summed E-state index contributed by atoms with van der Waals surface area (Å²) in [5, 5.41) is 11.1. The molecule has 6 nitrogen and oxygen atoms in total. The SMILES string of the molecule is O=C(Nc1nnns1)c1ccc2cc[nH]c2c1. The number of anilines is 1. The van der Waals surface area contributed by atoms with E-state index in [9.17, 15) is 4.79 Å². The number of nitrogens with zero attached hydrogens (tertiary/aromatic N) is 3. The number of rotatable bonds is 2. The third-order valence-corrected chi connectivity index (χ3v) is 2.85. The average molecular weight is 245 g/mol. The van der Waals surface area contributed by atoms with E-state index in [-0.39, 0.29) is 5.91 Å². The van der Waals surface area contributed by atoms with Crippen LogP contribution in [-0.2, 0) is 0 Å². The lowest BCUT2D eigenvalue weighted by atomic mass is 10.1. The number of hydrogen-bond donors (Lipinski definition) is 2. The van der Waals surface area contributed by atoms with Gasteiger partial charge in [0, 0.05) is 28.8 Å². The molecule has 0 aliphatic carbocycles. The highest BCUT2D eigenvalue weighted by Crippen LogP contribution is 2.15. The lowest BCUT2D eigenvalue weighted by Crippen LogP contribution is -2.11. The number of benzene rings is 1. The van der Waals surface area contributed by atoms with Crippen LogP contribution in [0.15, 0.2) is 30.5 Å². The predicted molar refractivity (Wildman–Crippen MR) is 64.0 cm³/mol. The first-order valence-electron chi connectivity index (χ1n) is 4.86. The maximum Gasteiger partial charge on any atom is 0.257 e. The van der Waals surface area contributed by atoms with Gasteiger partial charge in [-0.25, -0.2) is 0 Å². The lowest BCUT2D eigenvalue weighted by Gasteiger charge is -2.00. The number of hydrogen-bond acceptors (Lipinski definition) is 5. The number of aromatic amines is 1. The Kier molecular flexibility index (Phi) is 2.30. The van der Waals surface area contributed by atoms with E-state index < -0.39 is 0 Å². The zero-order chi connectivity index (χ0) is 11.7. The van der Waals surface area contributed by atoms with Crippen molar-refractivity contribution < 1.29 is 4.79 Å².